The van der Waals surface area contributed by atoms with E-state index in [1.807, 2.05) is 0 Å². The summed E-state index contributed by atoms with van der Waals surface area (Å²) < 4.78 is 32.1. The van der Waals surface area contributed by atoms with Crippen LogP contribution in [-0.2, 0) is 14.8 Å². The van der Waals surface area contributed by atoms with Crippen molar-refractivity contribution in [1.29, 1.82) is 0 Å². The van der Waals surface area contributed by atoms with Crippen molar-refractivity contribution in [2.75, 3.05) is 25.0 Å². The zero-order valence-corrected chi connectivity index (χ0v) is 15.2. The Bertz CT molecular complexity index is 806. The number of ether oxygens (including phenoxy) is 1. The fourth-order valence-corrected chi connectivity index (χ4v) is 3.22. The van der Waals surface area contributed by atoms with E-state index in [1.165, 1.54) is 24.3 Å². The maximum Gasteiger partial charge on any atom is 0.261 e. The molecule has 2 N–H and O–H groups in total. The summed E-state index contributed by atoms with van der Waals surface area (Å²) in [6.07, 6.45) is 0.708. The molecule has 0 aliphatic heterocycles. The highest BCUT2D eigenvalue weighted by Gasteiger charge is 2.15. The van der Waals surface area contributed by atoms with Crippen molar-refractivity contribution in [3.8, 4) is 0 Å². The van der Waals surface area contributed by atoms with E-state index in [2.05, 4.69) is 10.0 Å². The second-order valence-corrected chi connectivity index (χ2v) is 7.36. The third-order valence-electron chi connectivity index (χ3n) is 3.33. The van der Waals surface area contributed by atoms with Gasteiger partial charge in [-0.25, -0.2) is 8.42 Å². The highest BCUT2D eigenvalue weighted by Crippen LogP contribution is 2.18. The summed E-state index contributed by atoms with van der Waals surface area (Å²) in [5.74, 6) is -0.259. The maximum atomic E-state index is 12.4. The minimum absolute atomic E-state index is 0.0679. The molecule has 0 aromatic heterocycles. The number of benzene rings is 2. The van der Waals surface area contributed by atoms with Gasteiger partial charge in [-0.2, -0.15) is 0 Å². The van der Waals surface area contributed by atoms with Gasteiger partial charge >= 0.3 is 0 Å². The van der Waals surface area contributed by atoms with Crippen LogP contribution in [0.1, 0.15) is 16.8 Å². The van der Waals surface area contributed by atoms with Gasteiger partial charge in [-0.05, 0) is 55.0 Å². The van der Waals surface area contributed by atoms with Gasteiger partial charge in [0.05, 0.1) is 4.90 Å². The standard InChI is InChI=1S/C17H19ClN2O4S/c1-24-12-2-11-19-17(21)13-3-9-16(10-4-13)25(22,23)20-15-7-5-14(18)6-8-15/h3-10,20H,2,11-12H2,1H3,(H,19,21). The van der Waals surface area contributed by atoms with Crippen molar-refractivity contribution in [3.05, 3.63) is 59.1 Å². The number of sulfonamides is 1. The Kier molecular flexibility index (Phi) is 6.81. The fraction of sp³-hybridized carbons (Fsp3) is 0.235. The monoisotopic (exact) mass is 382 g/mol. The summed E-state index contributed by atoms with van der Waals surface area (Å²) in [5, 5.41) is 3.26. The Balaban J connectivity index is 2.02. The molecule has 2 aromatic carbocycles. The highest BCUT2D eigenvalue weighted by atomic mass is 35.5. The van der Waals surface area contributed by atoms with E-state index in [9.17, 15) is 13.2 Å². The number of rotatable bonds is 8. The van der Waals surface area contributed by atoms with Gasteiger partial charge in [-0.1, -0.05) is 11.6 Å². The van der Waals surface area contributed by atoms with Crippen LogP contribution in [0.25, 0.3) is 0 Å². The molecule has 0 heterocycles. The van der Waals surface area contributed by atoms with E-state index in [4.69, 9.17) is 16.3 Å². The molecule has 0 aliphatic carbocycles. The molecule has 1 amide bonds. The molecule has 0 radical (unpaired) electrons. The smallest absolute Gasteiger partial charge is 0.261 e. The number of halogens is 1. The van der Waals surface area contributed by atoms with Gasteiger partial charge in [0.2, 0.25) is 0 Å². The molecule has 0 atom stereocenters. The molecular formula is C17H19ClN2O4S. The number of anilines is 1. The Morgan fingerprint density at radius 1 is 1.08 bits per heavy atom. The molecule has 0 saturated carbocycles. The lowest BCUT2D eigenvalue weighted by Gasteiger charge is -2.09. The normalized spacial score (nSPS) is 11.1. The molecule has 8 heteroatoms. The zero-order chi connectivity index (χ0) is 18.3. The lowest BCUT2D eigenvalue weighted by molar-refractivity contribution is 0.0948. The Labute approximate surface area is 152 Å². The predicted molar refractivity (Wildman–Crippen MR) is 97.5 cm³/mol. The van der Waals surface area contributed by atoms with E-state index in [0.29, 0.717) is 35.8 Å². The number of methoxy groups -OCH3 is 1. The number of hydrogen-bond acceptors (Lipinski definition) is 4. The van der Waals surface area contributed by atoms with Gasteiger partial charge in [-0.3, -0.25) is 9.52 Å². The van der Waals surface area contributed by atoms with Crippen LogP contribution in [-0.4, -0.2) is 34.6 Å². The van der Waals surface area contributed by atoms with Crippen molar-refractivity contribution in [2.24, 2.45) is 0 Å². The third kappa shape index (κ3) is 5.74. The molecule has 134 valence electrons. The van der Waals surface area contributed by atoms with Crippen LogP contribution in [0.4, 0.5) is 5.69 Å². The van der Waals surface area contributed by atoms with Crippen molar-refractivity contribution in [2.45, 2.75) is 11.3 Å². The summed E-state index contributed by atoms with van der Waals surface area (Å²) in [7, 11) is -2.14. The first kappa shape index (κ1) is 19.2. The van der Waals surface area contributed by atoms with Crippen molar-refractivity contribution in [1.82, 2.24) is 5.32 Å². The van der Waals surface area contributed by atoms with Crippen LogP contribution < -0.4 is 10.0 Å². The molecule has 0 unspecified atom stereocenters. The average molecular weight is 383 g/mol. The van der Waals surface area contributed by atoms with Crippen LogP contribution in [0.15, 0.2) is 53.4 Å². The third-order valence-corrected chi connectivity index (χ3v) is 4.98. The molecule has 25 heavy (non-hydrogen) atoms. The van der Waals surface area contributed by atoms with Gasteiger partial charge in [0.15, 0.2) is 0 Å². The first-order valence-electron chi connectivity index (χ1n) is 7.58. The van der Waals surface area contributed by atoms with E-state index in [1.54, 1.807) is 31.4 Å². The second-order valence-electron chi connectivity index (χ2n) is 5.24. The van der Waals surface area contributed by atoms with Crippen LogP contribution in [0, 0.1) is 0 Å². The van der Waals surface area contributed by atoms with Gasteiger partial charge in [0.1, 0.15) is 0 Å². The summed E-state index contributed by atoms with van der Waals surface area (Å²) in [6.45, 7) is 1.05. The van der Waals surface area contributed by atoms with Crippen LogP contribution in [0.3, 0.4) is 0 Å². The molecule has 0 saturated heterocycles. The van der Waals surface area contributed by atoms with Crippen LogP contribution in [0.5, 0.6) is 0 Å². The predicted octanol–water partition coefficient (Wildman–Crippen LogP) is 2.91. The molecule has 0 spiro atoms. The van der Waals surface area contributed by atoms with Crippen molar-refractivity contribution >= 4 is 33.2 Å². The topological polar surface area (TPSA) is 84.5 Å². The first-order chi connectivity index (χ1) is 11.9. The van der Waals surface area contributed by atoms with E-state index >= 15 is 0 Å². The van der Waals surface area contributed by atoms with Gasteiger partial charge in [-0.15, -0.1) is 0 Å². The molecule has 0 fully saturated rings. The number of carbonyl (C=O) groups excluding carboxylic acids is 1. The highest BCUT2D eigenvalue weighted by molar-refractivity contribution is 7.92. The lowest BCUT2D eigenvalue weighted by atomic mass is 10.2. The first-order valence-corrected chi connectivity index (χ1v) is 9.44. The van der Waals surface area contributed by atoms with E-state index in [-0.39, 0.29) is 10.8 Å². The molecular weight excluding hydrogens is 364 g/mol. The summed E-state index contributed by atoms with van der Waals surface area (Å²) in [6, 6.07) is 12.1. The fourth-order valence-electron chi connectivity index (χ4n) is 2.04. The minimum atomic E-state index is -3.73. The average Bonchev–Trinajstić information content (AvgIpc) is 2.60. The molecule has 0 bridgehead atoms. The quantitative estimate of drug-likeness (QED) is 0.687. The van der Waals surface area contributed by atoms with E-state index in [0.717, 1.165) is 0 Å². The van der Waals surface area contributed by atoms with E-state index < -0.39 is 10.0 Å². The Morgan fingerprint density at radius 2 is 1.72 bits per heavy atom. The maximum absolute atomic E-state index is 12.4. The second kappa shape index (κ2) is 8.84. The van der Waals surface area contributed by atoms with Crippen LogP contribution >= 0.6 is 11.6 Å². The zero-order valence-electron chi connectivity index (χ0n) is 13.7. The number of amides is 1. The number of nitrogens with one attached hydrogen (secondary N) is 2. The molecule has 6 nitrogen and oxygen atoms in total. The van der Waals surface area contributed by atoms with Crippen molar-refractivity contribution in [3.63, 3.8) is 0 Å². The molecule has 0 aliphatic rings. The van der Waals surface area contributed by atoms with Gasteiger partial charge < -0.3 is 10.1 Å². The molecule has 2 aromatic rings. The minimum Gasteiger partial charge on any atom is -0.385 e. The van der Waals surface area contributed by atoms with Crippen molar-refractivity contribution < 1.29 is 17.9 Å². The summed E-state index contributed by atoms with van der Waals surface area (Å²) >= 11 is 5.78. The number of hydrogen-bond donors (Lipinski definition) is 2. The molecule has 2 rings (SSSR count). The summed E-state index contributed by atoms with van der Waals surface area (Å²) in [4.78, 5) is 12.0. The Hall–Kier alpha value is -2.09. The number of carbonyl (C=O) groups is 1. The Morgan fingerprint density at radius 3 is 2.32 bits per heavy atom. The van der Waals surface area contributed by atoms with Crippen LogP contribution in [0.2, 0.25) is 5.02 Å². The SMILES string of the molecule is COCCCNC(=O)c1ccc(S(=O)(=O)Nc2ccc(Cl)cc2)cc1. The largest absolute Gasteiger partial charge is 0.385 e. The van der Waals surface area contributed by atoms with Gasteiger partial charge in [0.25, 0.3) is 15.9 Å². The summed E-state index contributed by atoms with van der Waals surface area (Å²) in [5.41, 5.74) is 0.798. The lowest BCUT2D eigenvalue weighted by Crippen LogP contribution is -2.25. The van der Waals surface area contributed by atoms with Gasteiger partial charge in [0, 0.05) is 36.5 Å².